The third-order valence-electron chi connectivity index (χ3n) is 3.81. The van der Waals surface area contributed by atoms with E-state index in [2.05, 4.69) is 32.3 Å². The number of rotatable bonds is 4. The van der Waals surface area contributed by atoms with Crippen LogP contribution in [0.15, 0.2) is 24.3 Å². The molecular weight excluding hydrogens is 250 g/mol. The van der Waals surface area contributed by atoms with E-state index in [9.17, 15) is 0 Å². The van der Waals surface area contributed by atoms with Crippen molar-refractivity contribution in [1.82, 2.24) is 20.5 Å². The van der Waals surface area contributed by atoms with Gasteiger partial charge in [0, 0.05) is 19.1 Å². The summed E-state index contributed by atoms with van der Waals surface area (Å²) in [6.07, 6.45) is 3.49. The van der Waals surface area contributed by atoms with Crippen molar-refractivity contribution in [2.24, 2.45) is 0 Å². The molecule has 0 atom stereocenters. The largest absolute Gasteiger partial charge is 0.339 e. The first kappa shape index (κ1) is 13.2. The van der Waals surface area contributed by atoms with E-state index in [0.29, 0.717) is 6.04 Å². The van der Waals surface area contributed by atoms with Gasteiger partial charge in [-0.1, -0.05) is 19.1 Å². The second kappa shape index (κ2) is 6.13. The van der Waals surface area contributed by atoms with E-state index < -0.39 is 0 Å². The molecule has 1 aliphatic heterocycles. The molecule has 0 saturated carbocycles. The van der Waals surface area contributed by atoms with Crippen LogP contribution in [0.5, 0.6) is 0 Å². The van der Waals surface area contributed by atoms with Crippen LogP contribution in [-0.2, 0) is 0 Å². The van der Waals surface area contributed by atoms with Crippen molar-refractivity contribution < 1.29 is 0 Å². The topological polar surface area (TPSA) is 53.9 Å². The van der Waals surface area contributed by atoms with E-state index in [4.69, 9.17) is 0 Å². The lowest BCUT2D eigenvalue weighted by Gasteiger charge is -2.32. The third-order valence-corrected chi connectivity index (χ3v) is 3.81. The standard InChI is InChI=1S/C15H21N5/c1-2-9-16-12-7-10-20(11-8-12)15-17-13-5-3-4-6-14(13)18-19-15/h3-6,12,16H,2,7-11H2,1H3. The zero-order valence-electron chi connectivity index (χ0n) is 11.9. The molecule has 20 heavy (non-hydrogen) atoms. The van der Waals surface area contributed by atoms with Crippen LogP contribution in [0.25, 0.3) is 11.0 Å². The fourth-order valence-electron chi connectivity index (χ4n) is 2.64. The minimum absolute atomic E-state index is 0.639. The number of hydrogen-bond acceptors (Lipinski definition) is 5. The zero-order valence-corrected chi connectivity index (χ0v) is 11.9. The highest BCUT2D eigenvalue weighted by Gasteiger charge is 2.20. The smallest absolute Gasteiger partial charge is 0.245 e. The van der Waals surface area contributed by atoms with Crippen molar-refractivity contribution in [3.63, 3.8) is 0 Å². The SMILES string of the molecule is CCCNC1CCN(c2nnc3ccccc3n2)CC1. The van der Waals surface area contributed by atoms with Crippen LogP contribution in [0.2, 0.25) is 0 Å². The summed E-state index contributed by atoms with van der Waals surface area (Å²) in [5, 5.41) is 12.1. The molecule has 2 aromatic rings. The van der Waals surface area contributed by atoms with Crippen LogP contribution >= 0.6 is 0 Å². The van der Waals surface area contributed by atoms with E-state index >= 15 is 0 Å². The number of nitrogens with one attached hydrogen (secondary N) is 1. The molecule has 1 fully saturated rings. The van der Waals surface area contributed by atoms with Crippen LogP contribution in [-0.4, -0.2) is 40.9 Å². The minimum Gasteiger partial charge on any atom is -0.339 e. The second-order valence-corrected chi connectivity index (χ2v) is 5.32. The van der Waals surface area contributed by atoms with Gasteiger partial charge in [-0.05, 0) is 37.9 Å². The highest BCUT2D eigenvalue weighted by molar-refractivity contribution is 5.74. The number of piperidine rings is 1. The summed E-state index contributed by atoms with van der Waals surface area (Å²) in [6, 6.07) is 8.52. The maximum Gasteiger partial charge on any atom is 0.245 e. The average Bonchev–Trinajstić information content (AvgIpc) is 2.53. The van der Waals surface area contributed by atoms with Crippen LogP contribution in [0.3, 0.4) is 0 Å². The van der Waals surface area contributed by atoms with Gasteiger partial charge in [0.1, 0.15) is 5.52 Å². The predicted molar refractivity (Wildman–Crippen MR) is 80.9 cm³/mol. The number of nitrogens with zero attached hydrogens (tertiary/aromatic N) is 4. The first-order valence-electron chi connectivity index (χ1n) is 7.44. The Kier molecular flexibility index (Phi) is 4.06. The molecule has 106 valence electrons. The number of para-hydroxylation sites is 1. The fourth-order valence-corrected chi connectivity index (χ4v) is 2.64. The Balaban J connectivity index is 1.67. The summed E-state index contributed by atoms with van der Waals surface area (Å²) >= 11 is 0. The van der Waals surface area contributed by atoms with Gasteiger partial charge in [0.15, 0.2) is 0 Å². The molecule has 0 radical (unpaired) electrons. The molecule has 0 aliphatic carbocycles. The van der Waals surface area contributed by atoms with Crippen LogP contribution in [0.1, 0.15) is 26.2 Å². The number of fused-ring (bicyclic) bond motifs is 1. The second-order valence-electron chi connectivity index (χ2n) is 5.32. The molecule has 0 spiro atoms. The number of hydrogen-bond donors (Lipinski definition) is 1. The highest BCUT2D eigenvalue weighted by Crippen LogP contribution is 2.17. The van der Waals surface area contributed by atoms with Crippen molar-refractivity contribution in [1.29, 1.82) is 0 Å². The first-order chi connectivity index (χ1) is 9.86. The Labute approximate surface area is 119 Å². The van der Waals surface area contributed by atoms with Gasteiger partial charge in [-0.2, -0.15) is 0 Å². The van der Waals surface area contributed by atoms with Gasteiger partial charge < -0.3 is 10.2 Å². The lowest BCUT2D eigenvalue weighted by atomic mass is 10.1. The van der Waals surface area contributed by atoms with Gasteiger partial charge in [-0.25, -0.2) is 4.98 Å². The average molecular weight is 271 g/mol. The van der Waals surface area contributed by atoms with Crippen molar-refractivity contribution in [2.75, 3.05) is 24.5 Å². The van der Waals surface area contributed by atoms with E-state index in [-0.39, 0.29) is 0 Å². The minimum atomic E-state index is 0.639. The zero-order chi connectivity index (χ0) is 13.8. The summed E-state index contributed by atoms with van der Waals surface area (Å²) in [5.74, 6) is 0.762. The lowest BCUT2D eigenvalue weighted by molar-refractivity contribution is 0.413. The molecule has 1 N–H and O–H groups in total. The quantitative estimate of drug-likeness (QED) is 0.921. The summed E-state index contributed by atoms with van der Waals surface area (Å²) in [7, 11) is 0. The molecule has 0 unspecified atom stereocenters. The number of benzene rings is 1. The molecule has 5 heteroatoms. The van der Waals surface area contributed by atoms with Gasteiger partial charge in [0.25, 0.3) is 0 Å². The Morgan fingerprint density at radius 1 is 1.15 bits per heavy atom. The summed E-state index contributed by atoms with van der Waals surface area (Å²) < 4.78 is 0. The molecule has 2 heterocycles. The summed E-state index contributed by atoms with van der Waals surface area (Å²) in [5.41, 5.74) is 1.78. The van der Waals surface area contributed by atoms with Crippen molar-refractivity contribution in [3.05, 3.63) is 24.3 Å². The molecule has 0 amide bonds. The predicted octanol–water partition coefficient (Wildman–Crippen LogP) is 1.99. The Hall–Kier alpha value is -1.75. The van der Waals surface area contributed by atoms with E-state index in [1.165, 1.54) is 6.42 Å². The van der Waals surface area contributed by atoms with Gasteiger partial charge >= 0.3 is 0 Å². The van der Waals surface area contributed by atoms with Gasteiger partial charge in [0.2, 0.25) is 5.95 Å². The maximum absolute atomic E-state index is 4.62. The van der Waals surface area contributed by atoms with Crippen LogP contribution < -0.4 is 10.2 Å². The Bertz CT molecular complexity index is 563. The molecule has 1 aromatic heterocycles. The van der Waals surface area contributed by atoms with E-state index in [1.807, 2.05) is 24.3 Å². The highest BCUT2D eigenvalue weighted by atomic mass is 15.3. The number of anilines is 1. The normalized spacial score (nSPS) is 16.8. The maximum atomic E-state index is 4.62. The lowest BCUT2D eigenvalue weighted by Crippen LogP contribution is -2.43. The molecule has 3 rings (SSSR count). The number of aromatic nitrogens is 3. The van der Waals surface area contributed by atoms with E-state index in [0.717, 1.165) is 49.5 Å². The molecule has 1 aliphatic rings. The van der Waals surface area contributed by atoms with Crippen molar-refractivity contribution >= 4 is 17.0 Å². The summed E-state index contributed by atoms with van der Waals surface area (Å²) in [6.45, 7) is 5.32. The van der Waals surface area contributed by atoms with Gasteiger partial charge in [-0.3, -0.25) is 0 Å². The molecular formula is C15H21N5. The third kappa shape index (κ3) is 2.88. The van der Waals surface area contributed by atoms with Crippen LogP contribution in [0.4, 0.5) is 5.95 Å². The molecule has 0 bridgehead atoms. The molecule has 1 aromatic carbocycles. The summed E-state index contributed by atoms with van der Waals surface area (Å²) in [4.78, 5) is 6.86. The fraction of sp³-hybridized carbons (Fsp3) is 0.533. The van der Waals surface area contributed by atoms with Gasteiger partial charge in [0.05, 0.1) is 5.52 Å². The van der Waals surface area contributed by atoms with Crippen molar-refractivity contribution in [2.45, 2.75) is 32.2 Å². The Morgan fingerprint density at radius 3 is 2.65 bits per heavy atom. The molecule has 5 nitrogen and oxygen atoms in total. The molecule has 1 saturated heterocycles. The van der Waals surface area contributed by atoms with Crippen molar-refractivity contribution in [3.8, 4) is 0 Å². The first-order valence-corrected chi connectivity index (χ1v) is 7.44. The monoisotopic (exact) mass is 271 g/mol. The Morgan fingerprint density at radius 2 is 1.90 bits per heavy atom. The van der Waals surface area contributed by atoms with Gasteiger partial charge in [-0.15, -0.1) is 10.2 Å². The van der Waals surface area contributed by atoms with Crippen LogP contribution in [0, 0.1) is 0 Å². The van der Waals surface area contributed by atoms with E-state index in [1.54, 1.807) is 0 Å².